The molecule has 0 bridgehead atoms. The summed E-state index contributed by atoms with van der Waals surface area (Å²) in [4.78, 5) is 2.63. The molecule has 1 unspecified atom stereocenters. The SMILES string of the molecule is CCNC(C)c1ccc(-c2ccc(Br)c(OC)c2)s1. The molecule has 4 heteroatoms. The van der Waals surface area contributed by atoms with Gasteiger partial charge in [-0.3, -0.25) is 0 Å². The summed E-state index contributed by atoms with van der Waals surface area (Å²) in [6.45, 7) is 5.31. The Kier molecular flexibility index (Phi) is 5.02. The van der Waals surface area contributed by atoms with E-state index in [0.717, 1.165) is 16.8 Å². The van der Waals surface area contributed by atoms with Gasteiger partial charge >= 0.3 is 0 Å². The normalized spacial score (nSPS) is 12.4. The minimum absolute atomic E-state index is 0.404. The fourth-order valence-electron chi connectivity index (χ4n) is 1.96. The summed E-state index contributed by atoms with van der Waals surface area (Å²) in [6.07, 6.45) is 0. The zero-order valence-corrected chi connectivity index (χ0v) is 13.8. The summed E-state index contributed by atoms with van der Waals surface area (Å²) in [5.41, 5.74) is 1.19. The summed E-state index contributed by atoms with van der Waals surface area (Å²) in [5, 5.41) is 3.44. The molecule has 0 amide bonds. The van der Waals surface area contributed by atoms with Gasteiger partial charge in [-0.2, -0.15) is 0 Å². The van der Waals surface area contributed by atoms with E-state index in [1.807, 2.05) is 17.4 Å². The second-order valence-corrected chi connectivity index (χ2v) is 6.30. The zero-order valence-electron chi connectivity index (χ0n) is 11.4. The molecule has 0 aliphatic heterocycles. The number of thiophene rings is 1. The molecule has 1 aromatic heterocycles. The average Bonchev–Trinajstić information content (AvgIpc) is 2.89. The largest absolute Gasteiger partial charge is 0.496 e. The standard InChI is InChI=1S/C15H18BrNOS/c1-4-17-10(2)14-7-8-15(19-14)11-5-6-12(16)13(9-11)18-3/h5-10,17H,4H2,1-3H3. The maximum atomic E-state index is 5.35. The maximum absolute atomic E-state index is 5.35. The molecule has 2 rings (SSSR count). The first-order valence-corrected chi connectivity index (χ1v) is 7.93. The lowest BCUT2D eigenvalue weighted by molar-refractivity contribution is 0.412. The van der Waals surface area contributed by atoms with Crippen molar-refractivity contribution in [3.05, 3.63) is 39.7 Å². The molecule has 2 aromatic rings. The molecular weight excluding hydrogens is 322 g/mol. The van der Waals surface area contributed by atoms with Gasteiger partial charge < -0.3 is 10.1 Å². The topological polar surface area (TPSA) is 21.3 Å². The molecule has 1 atom stereocenters. The molecule has 1 N–H and O–H groups in total. The second kappa shape index (κ2) is 6.55. The van der Waals surface area contributed by atoms with Crippen molar-refractivity contribution in [2.24, 2.45) is 0 Å². The van der Waals surface area contributed by atoms with E-state index in [-0.39, 0.29) is 0 Å². The Hall–Kier alpha value is -0.840. The van der Waals surface area contributed by atoms with Gasteiger partial charge in [0.1, 0.15) is 5.75 Å². The van der Waals surface area contributed by atoms with Crippen molar-refractivity contribution in [3.63, 3.8) is 0 Å². The van der Waals surface area contributed by atoms with E-state index in [1.54, 1.807) is 7.11 Å². The van der Waals surface area contributed by atoms with Crippen LogP contribution in [0.25, 0.3) is 10.4 Å². The summed E-state index contributed by atoms with van der Waals surface area (Å²) >= 11 is 5.31. The highest BCUT2D eigenvalue weighted by Gasteiger charge is 2.10. The average molecular weight is 340 g/mol. The monoisotopic (exact) mass is 339 g/mol. The lowest BCUT2D eigenvalue weighted by Gasteiger charge is -2.09. The van der Waals surface area contributed by atoms with Crippen LogP contribution < -0.4 is 10.1 Å². The number of halogens is 1. The van der Waals surface area contributed by atoms with Crippen LogP contribution in [0.15, 0.2) is 34.8 Å². The van der Waals surface area contributed by atoms with E-state index < -0.39 is 0 Å². The number of nitrogens with one attached hydrogen (secondary N) is 1. The minimum Gasteiger partial charge on any atom is -0.496 e. The second-order valence-electron chi connectivity index (χ2n) is 4.33. The van der Waals surface area contributed by atoms with E-state index >= 15 is 0 Å². The highest BCUT2D eigenvalue weighted by molar-refractivity contribution is 9.10. The number of rotatable bonds is 5. The van der Waals surface area contributed by atoms with Gasteiger partial charge in [0.2, 0.25) is 0 Å². The van der Waals surface area contributed by atoms with Gasteiger partial charge in [-0.1, -0.05) is 13.0 Å². The van der Waals surface area contributed by atoms with E-state index in [4.69, 9.17) is 4.74 Å². The predicted molar refractivity (Wildman–Crippen MR) is 86.1 cm³/mol. The summed E-state index contributed by atoms with van der Waals surface area (Å²) < 4.78 is 6.33. The molecule has 0 fully saturated rings. The molecule has 1 aromatic carbocycles. The van der Waals surface area contributed by atoms with Gasteiger partial charge in [0, 0.05) is 15.8 Å². The number of methoxy groups -OCH3 is 1. The first-order chi connectivity index (χ1) is 9.15. The lowest BCUT2D eigenvalue weighted by atomic mass is 10.2. The van der Waals surface area contributed by atoms with Crippen LogP contribution in [0.2, 0.25) is 0 Å². The highest BCUT2D eigenvalue weighted by Crippen LogP contribution is 2.35. The van der Waals surface area contributed by atoms with E-state index in [2.05, 4.69) is 59.4 Å². The van der Waals surface area contributed by atoms with E-state index in [1.165, 1.54) is 15.3 Å². The van der Waals surface area contributed by atoms with E-state index in [9.17, 15) is 0 Å². The van der Waals surface area contributed by atoms with Crippen molar-refractivity contribution in [2.45, 2.75) is 19.9 Å². The minimum atomic E-state index is 0.404. The van der Waals surface area contributed by atoms with Crippen LogP contribution in [0.1, 0.15) is 24.8 Å². The van der Waals surface area contributed by atoms with Crippen LogP contribution in [-0.4, -0.2) is 13.7 Å². The van der Waals surface area contributed by atoms with Gasteiger partial charge in [-0.15, -0.1) is 11.3 Å². The first-order valence-electron chi connectivity index (χ1n) is 6.32. The molecular formula is C15H18BrNOS. The number of benzene rings is 1. The number of hydrogen-bond donors (Lipinski definition) is 1. The molecule has 0 aliphatic rings. The molecule has 19 heavy (non-hydrogen) atoms. The Bertz CT molecular complexity index is 553. The Morgan fingerprint density at radius 1 is 1.32 bits per heavy atom. The Morgan fingerprint density at radius 2 is 2.11 bits per heavy atom. The highest BCUT2D eigenvalue weighted by atomic mass is 79.9. The number of hydrogen-bond acceptors (Lipinski definition) is 3. The molecule has 0 saturated heterocycles. The van der Waals surface area contributed by atoms with Crippen molar-refractivity contribution in [3.8, 4) is 16.2 Å². The third-order valence-electron chi connectivity index (χ3n) is 3.00. The first kappa shape index (κ1) is 14.6. The van der Waals surface area contributed by atoms with Crippen LogP contribution in [0.3, 0.4) is 0 Å². The van der Waals surface area contributed by atoms with Gasteiger partial charge in [-0.25, -0.2) is 0 Å². The Morgan fingerprint density at radius 3 is 2.79 bits per heavy atom. The van der Waals surface area contributed by atoms with Crippen molar-refractivity contribution >= 4 is 27.3 Å². The van der Waals surface area contributed by atoms with Gasteiger partial charge in [0.15, 0.2) is 0 Å². The van der Waals surface area contributed by atoms with E-state index in [0.29, 0.717) is 6.04 Å². The molecule has 1 heterocycles. The predicted octanol–water partition coefficient (Wildman–Crippen LogP) is 4.86. The molecule has 2 nitrogen and oxygen atoms in total. The van der Waals surface area contributed by atoms with Gasteiger partial charge in [-0.05, 0) is 59.2 Å². The lowest BCUT2D eigenvalue weighted by Crippen LogP contribution is -2.16. The third-order valence-corrected chi connectivity index (χ3v) is 4.97. The fourth-order valence-corrected chi connectivity index (χ4v) is 3.40. The van der Waals surface area contributed by atoms with Gasteiger partial charge in [0.25, 0.3) is 0 Å². The summed E-state index contributed by atoms with van der Waals surface area (Å²) in [7, 11) is 1.69. The molecule has 102 valence electrons. The fraction of sp³-hybridized carbons (Fsp3) is 0.333. The van der Waals surface area contributed by atoms with Crippen molar-refractivity contribution in [2.75, 3.05) is 13.7 Å². The van der Waals surface area contributed by atoms with Crippen molar-refractivity contribution < 1.29 is 4.74 Å². The zero-order chi connectivity index (χ0) is 13.8. The Balaban J connectivity index is 2.27. The molecule has 0 radical (unpaired) electrons. The summed E-state index contributed by atoms with van der Waals surface area (Å²) in [6, 6.07) is 11.0. The van der Waals surface area contributed by atoms with Crippen molar-refractivity contribution in [1.29, 1.82) is 0 Å². The quantitative estimate of drug-likeness (QED) is 0.840. The van der Waals surface area contributed by atoms with Crippen LogP contribution >= 0.6 is 27.3 Å². The summed E-state index contributed by atoms with van der Waals surface area (Å²) in [5.74, 6) is 0.868. The third kappa shape index (κ3) is 3.38. The van der Waals surface area contributed by atoms with Crippen molar-refractivity contribution in [1.82, 2.24) is 5.32 Å². The molecule has 0 aliphatic carbocycles. The van der Waals surface area contributed by atoms with Crippen LogP contribution in [0, 0.1) is 0 Å². The Labute approximate surface area is 126 Å². The van der Waals surface area contributed by atoms with Crippen LogP contribution in [0.5, 0.6) is 5.75 Å². The van der Waals surface area contributed by atoms with Crippen LogP contribution in [0.4, 0.5) is 0 Å². The molecule has 0 spiro atoms. The maximum Gasteiger partial charge on any atom is 0.133 e. The molecule has 0 saturated carbocycles. The number of ether oxygens (including phenoxy) is 1. The van der Waals surface area contributed by atoms with Gasteiger partial charge in [0.05, 0.1) is 11.6 Å². The smallest absolute Gasteiger partial charge is 0.133 e. The van der Waals surface area contributed by atoms with Crippen LogP contribution in [-0.2, 0) is 0 Å².